The van der Waals surface area contributed by atoms with E-state index in [-0.39, 0.29) is 17.2 Å². The van der Waals surface area contributed by atoms with E-state index in [0.29, 0.717) is 16.8 Å². The number of carbonyl (C=O) groups excluding carboxylic acids is 2. The highest BCUT2D eigenvalue weighted by Gasteiger charge is 2.44. The number of hydrogen-bond acceptors (Lipinski definition) is 2. The standard InChI is InChI=1S/C53H35N3O2/c1-53(2)41-22-12-9-19-37(41)38-30-27-33(31-42(38)53)32-25-28-36(29-26-32)56-51(57)47-48(52(56)58)50-46(40-21-11-14-24-44(40)55(50)35-17-7-4-8-18-35)45-39-20-10-13-23-43(39)54(49(45)47)34-15-5-3-6-16-34/h3-31H,1-2H3. The Labute approximate surface area is 334 Å². The van der Waals surface area contributed by atoms with E-state index >= 15 is 9.59 Å². The summed E-state index contributed by atoms with van der Waals surface area (Å²) in [4.78, 5) is 32.1. The fraction of sp³-hybridized carbons (Fsp3) is 0.0566. The highest BCUT2D eigenvalue weighted by Crippen LogP contribution is 2.51. The molecule has 0 bridgehead atoms. The third-order valence-electron chi connectivity index (χ3n) is 12.6. The van der Waals surface area contributed by atoms with Crippen molar-refractivity contribution in [1.82, 2.24) is 9.13 Å². The van der Waals surface area contributed by atoms with Crippen molar-refractivity contribution >= 4 is 61.1 Å². The first kappa shape index (κ1) is 32.7. The quantitative estimate of drug-likeness (QED) is 0.168. The van der Waals surface area contributed by atoms with Crippen LogP contribution >= 0.6 is 0 Å². The van der Waals surface area contributed by atoms with E-state index in [1.807, 2.05) is 84.9 Å². The molecule has 2 aromatic heterocycles. The van der Waals surface area contributed by atoms with Crippen LogP contribution in [-0.2, 0) is 5.41 Å². The molecule has 58 heavy (non-hydrogen) atoms. The molecule has 0 spiro atoms. The van der Waals surface area contributed by atoms with Crippen LogP contribution in [0.15, 0.2) is 176 Å². The second-order valence-electron chi connectivity index (χ2n) is 16.0. The number of fused-ring (bicyclic) bond motifs is 13. The van der Waals surface area contributed by atoms with Crippen LogP contribution in [0.3, 0.4) is 0 Å². The Kier molecular flexibility index (Phi) is 6.63. The van der Waals surface area contributed by atoms with Crippen LogP contribution in [0, 0.1) is 0 Å². The molecular weight excluding hydrogens is 711 g/mol. The molecular formula is C53H35N3O2. The summed E-state index contributed by atoms with van der Waals surface area (Å²) in [5.41, 5.74) is 13.8. The van der Waals surface area contributed by atoms with E-state index in [4.69, 9.17) is 0 Å². The van der Waals surface area contributed by atoms with E-state index in [0.717, 1.165) is 66.1 Å². The number of anilines is 1. The van der Waals surface area contributed by atoms with Gasteiger partial charge in [0.25, 0.3) is 11.8 Å². The Morgan fingerprint density at radius 2 is 0.879 bits per heavy atom. The molecule has 0 saturated carbocycles. The van der Waals surface area contributed by atoms with Crippen LogP contribution in [0.25, 0.3) is 77.2 Å². The topological polar surface area (TPSA) is 47.2 Å². The highest BCUT2D eigenvalue weighted by atomic mass is 16.2. The summed E-state index contributed by atoms with van der Waals surface area (Å²) >= 11 is 0. The Balaban J connectivity index is 1.10. The van der Waals surface area contributed by atoms with Gasteiger partial charge in [-0.1, -0.05) is 135 Å². The number of amides is 2. The van der Waals surface area contributed by atoms with Crippen molar-refractivity contribution in [1.29, 1.82) is 0 Å². The second-order valence-corrected chi connectivity index (χ2v) is 16.0. The summed E-state index contributed by atoms with van der Waals surface area (Å²) in [6.45, 7) is 4.57. The molecule has 274 valence electrons. The van der Waals surface area contributed by atoms with E-state index in [1.54, 1.807) is 0 Å². The van der Waals surface area contributed by atoms with Crippen LogP contribution < -0.4 is 4.90 Å². The van der Waals surface area contributed by atoms with E-state index < -0.39 is 0 Å². The number of carbonyl (C=O) groups is 2. The highest BCUT2D eigenvalue weighted by molar-refractivity contribution is 6.45. The summed E-state index contributed by atoms with van der Waals surface area (Å²) < 4.78 is 4.34. The molecule has 0 fully saturated rings. The number of nitrogens with zero attached hydrogens (tertiary/aromatic N) is 3. The lowest BCUT2D eigenvalue weighted by Crippen LogP contribution is -2.29. The molecule has 8 aromatic carbocycles. The Hall–Kier alpha value is -7.50. The lowest BCUT2D eigenvalue weighted by molar-refractivity contribution is 0.0927. The van der Waals surface area contributed by atoms with Crippen molar-refractivity contribution in [3.05, 3.63) is 198 Å². The number of hydrogen-bond donors (Lipinski definition) is 0. The molecule has 2 aliphatic rings. The Morgan fingerprint density at radius 3 is 1.45 bits per heavy atom. The summed E-state index contributed by atoms with van der Waals surface area (Å²) in [5.74, 6) is -0.664. The molecule has 10 aromatic rings. The molecule has 1 aliphatic carbocycles. The average Bonchev–Trinajstić information content (AvgIpc) is 3.94. The summed E-state index contributed by atoms with van der Waals surface area (Å²) in [6.07, 6.45) is 0. The van der Waals surface area contributed by atoms with Gasteiger partial charge in [-0.15, -0.1) is 0 Å². The smallest absolute Gasteiger partial charge is 0.268 e. The van der Waals surface area contributed by atoms with Gasteiger partial charge in [-0.25, -0.2) is 4.90 Å². The fourth-order valence-corrected chi connectivity index (χ4v) is 10.0. The van der Waals surface area contributed by atoms with Gasteiger partial charge in [0.2, 0.25) is 0 Å². The molecule has 0 N–H and O–H groups in total. The lowest BCUT2D eigenvalue weighted by Gasteiger charge is -2.22. The number of imide groups is 1. The summed E-state index contributed by atoms with van der Waals surface area (Å²) in [5, 5.41) is 3.96. The van der Waals surface area contributed by atoms with Crippen molar-refractivity contribution in [2.45, 2.75) is 19.3 Å². The third-order valence-corrected chi connectivity index (χ3v) is 12.6. The SMILES string of the molecule is CC1(C)c2ccccc2-c2ccc(-c3ccc(N4C(=O)c5c(c6c(c7ccccc7n6-c6ccccc6)c6c7ccccc7n(-c7ccccc7)c56)C4=O)cc3)cc21. The van der Waals surface area contributed by atoms with Gasteiger partial charge in [0, 0.05) is 38.3 Å². The lowest BCUT2D eigenvalue weighted by atomic mass is 9.81. The fourth-order valence-electron chi connectivity index (χ4n) is 10.0. The number of para-hydroxylation sites is 4. The molecule has 0 saturated heterocycles. The van der Waals surface area contributed by atoms with E-state index in [9.17, 15) is 0 Å². The largest absolute Gasteiger partial charge is 0.308 e. The van der Waals surface area contributed by atoms with Gasteiger partial charge < -0.3 is 9.13 Å². The molecule has 0 radical (unpaired) electrons. The van der Waals surface area contributed by atoms with Crippen LogP contribution in [0.2, 0.25) is 0 Å². The molecule has 0 unspecified atom stereocenters. The number of aromatic nitrogens is 2. The zero-order chi connectivity index (χ0) is 38.9. The predicted molar refractivity (Wildman–Crippen MR) is 236 cm³/mol. The van der Waals surface area contributed by atoms with E-state index in [1.165, 1.54) is 27.2 Å². The Morgan fingerprint density at radius 1 is 0.414 bits per heavy atom. The Bertz CT molecular complexity index is 3240. The van der Waals surface area contributed by atoms with Crippen molar-refractivity contribution in [3.8, 4) is 33.6 Å². The van der Waals surface area contributed by atoms with E-state index in [2.05, 4.69) is 114 Å². The zero-order valence-electron chi connectivity index (χ0n) is 31.9. The first-order chi connectivity index (χ1) is 28.4. The zero-order valence-corrected chi connectivity index (χ0v) is 31.9. The third kappa shape index (κ3) is 4.25. The average molecular weight is 746 g/mol. The maximum atomic E-state index is 15.3. The van der Waals surface area contributed by atoms with Gasteiger partial charge in [0.05, 0.1) is 38.9 Å². The minimum absolute atomic E-state index is 0.122. The molecule has 5 heteroatoms. The molecule has 12 rings (SSSR count). The molecule has 5 nitrogen and oxygen atoms in total. The van der Waals surface area contributed by atoms with Gasteiger partial charge in [0.1, 0.15) is 0 Å². The monoisotopic (exact) mass is 745 g/mol. The van der Waals surface area contributed by atoms with Crippen LogP contribution in [-0.4, -0.2) is 20.9 Å². The van der Waals surface area contributed by atoms with Crippen molar-refractivity contribution < 1.29 is 9.59 Å². The molecule has 0 atom stereocenters. The minimum atomic E-state index is -0.332. The number of rotatable bonds is 4. The van der Waals surface area contributed by atoms with Crippen molar-refractivity contribution in [2.75, 3.05) is 4.90 Å². The maximum absolute atomic E-state index is 15.3. The van der Waals surface area contributed by atoms with Gasteiger partial charge in [-0.3, -0.25) is 9.59 Å². The predicted octanol–water partition coefficient (Wildman–Crippen LogP) is 12.7. The van der Waals surface area contributed by atoms with Gasteiger partial charge in [-0.2, -0.15) is 0 Å². The molecule has 2 amide bonds. The minimum Gasteiger partial charge on any atom is -0.308 e. The second kappa shape index (κ2) is 11.8. The van der Waals surface area contributed by atoms with Gasteiger partial charge in [-0.05, 0) is 88.0 Å². The van der Waals surface area contributed by atoms with Crippen molar-refractivity contribution in [2.24, 2.45) is 0 Å². The maximum Gasteiger partial charge on any atom is 0.268 e. The van der Waals surface area contributed by atoms with Crippen LogP contribution in [0.5, 0.6) is 0 Å². The van der Waals surface area contributed by atoms with Gasteiger partial charge in [0.15, 0.2) is 0 Å². The first-order valence-corrected chi connectivity index (χ1v) is 19.8. The van der Waals surface area contributed by atoms with Crippen LogP contribution in [0.4, 0.5) is 5.69 Å². The van der Waals surface area contributed by atoms with Crippen LogP contribution in [0.1, 0.15) is 45.7 Å². The van der Waals surface area contributed by atoms with Crippen molar-refractivity contribution in [3.63, 3.8) is 0 Å². The normalized spacial score (nSPS) is 14.2. The molecule has 1 aliphatic heterocycles. The van der Waals surface area contributed by atoms with Gasteiger partial charge >= 0.3 is 0 Å². The first-order valence-electron chi connectivity index (χ1n) is 19.8. The number of benzene rings is 8. The summed E-state index contributed by atoms with van der Waals surface area (Å²) in [6, 6.07) is 60.2. The molecule has 3 heterocycles. The summed E-state index contributed by atoms with van der Waals surface area (Å²) in [7, 11) is 0.